The lowest BCUT2D eigenvalue weighted by Crippen LogP contribution is -2.48. The summed E-state index contributed by atoms with van der Waals surface area (Å²) in [5.74, 6) is 0.0628. The van der Waals surface area contributed by atoms with Crippen molar-refractivity contribution in [1.82, 2.24) is 14.4 Å². The molecule has 2 aliphatic rings. The molecule has 0 unspecified atom stereocenters. The van der Waals surface area contributed by atoms with E-state index in [2.05, 4.69) is 11.4 Å². The molecule has 0 aliphatic carbocycles. The second-order valence-electron chi connectivity index (χ2n) is 8.13. The van der Waals surface area contributed by atoms with Gasteiger partial charge in [-0.05, 0) is 49.6 Å². The smallest absolute Gasteiger partial charge is 0.321 e. The average Bonchev–Trinajstić information content (AvgIpc) is 3.34. The van der Waals surface area contributed by atoms with Crippen molar-refractivity contribution in [2.45, 2.75) is 19.3 Å². The van der Waals surface area contributed by atoms with E-state index in [4.69, 9.17) is 5.26 Å². The number of nitrogens with zero attached hydrogens (tertiary/aromatic N) is 4. The van der Waals surface area contributed by atoms with E-state index in [0.29, 0.717) is 36.6 Å². The number of rotatable bonds is 2. The van der Waals surface area contributed by atoms with Crippen molar-refractivity contribution in [3.8, 4) is 6.07 Å². The van der Waals surface area contributed by atoms with Crippen molar-refractivity contribution in [2.75, 3.05) is 31.5 Å². The standard InChI is InChI=1S/C22H25N5O2/c1-25-10-3-7-19(25)20(28)26-11-4-8-22(15-26)9-12-27(16-22)21(29)24-18-6-2-5-17(13-18)14-23/h2-3,5-7,10,13H,4,8-9,11-12,15-16H2,1H3,(H,24,29)/t22-/m1/s1. The predicted octanol–water partition coefficient (Wildman–Crippen LogP) is 3.06. The van der Waals surface area contributed by atoms with Crippen LogP contribution in [-0.2, 0) is 7.05 Å². The van der Waals surface area contributed by atoms with Gasteiger partial charge in [-0.15, -0.1) is 0 Å². The Morgan fingerprint density at radius 3 is 2.69 bits per heavy atom. The van der Waals surface area contributed by atoms with Crippen LogP contribution >= 0.6 is 0 Å². The maximum atomic E-state index is 12.9. The van der Waals surface area contributed by atoms with Crippen LogP contribution in [0.25, 0.3) is 0 Å². The van der Waals surface area contributed by atoms with Gasteiger partial charge in [-0.2, -0.15) is 5.26 Å². The zero-order valence-electron chi connectivity index (χ0n) is 16.6. The molecule has 0 radical (unpaired) electrons. The number of anilines is 1. The van der Waals surface area contributed by atoms with Gasteiger partial charge in [0, 0.05) is 50.5 Å². The molecule has 1 N–H and O–H groups in total. The van der Waals surface area contributed by atoms with E-state index in [0.717, 1.165) is 25.8 Å². The van der Waals surface area contributed by atoms with E-state index >= 15 is 0 Å². The van der Waals surface area contributed by atoms with Crippen LogP contribution in [0.4, 0.5) is 10.5 Å². The van der Waals surface area contributed by atoms with Crippen molar-refractivity contribution in [2.24, 2.45) is 12.5 Å². The Labute approximate surface area is 170 Å². The number of likely N-dealkylation sites (tertiary alicyclic amines) is 2. The lowest BCUT2D eigenvalue weighted by molar-refractivity contribution is 0.0529. The zero-order valence-corrected chi connectivity index (χ0v) is 16.6. The molecule has 3 heterocycles. The summed E-state index contributed by atoms with van der Waals surface area (Å²) in [5, 5.41) is 11.9. The summed E-state index contributed by atoms with van der Waals surface area (Å²) < 4.78 is 1.85. The molecule has 150 valence electrons. The maximum Gasteiger partial charge on any atom is 0.321 e. The van der Waals surface area contributed by atoms with Crippen LogP contribution in [0.1, 0.15) is 35.3 Å². The number of benzene rings is 1. The maximum absolute atomic E-state index is 12.9. The fraction of sp³-hybridized carbons (Fsp3) is 0.409. The van der Waals surface area contributed by atoms with E-state index in [1.807, 2.05) is 39.7 Å². The summed E-state index contributed by atoms with van der Waals surface area (Å²) in [6.07, 6.45) is 4.76. The van der Waals surface area contributed by atoms with Gasteiger partial charge in [0.1, 0.15) is 5.69 Å². The van der Waals surface area contributed by atoms with E-state index < -0.39 is 0 Å². The van der Waals surface area contributed by atoms with Gasteiger partial charge in [-0.25, -0.2) is 4.79 Å². The van der Waals surface area contributed by atoms with Gasteiger partial charge in [0.05, 0.1) is 11.6 Å². The molecule has 0 bridgehead atoms. The number of carbonyl (C=O) groups is 2. The third-order valence-electron chi connectivity index (χ3n) is 6.08. The van der Waals surface area contributed by atoms with Crippen LogP contribution in [-0.4, -0.2) is 52.5 Å². The Bertz CT molecular complexity index is 976. The number of aromatic nitrogens is 1. The van der Waals surface area contributed by atoms with E-state index in [1.54, 1.807) is 24.3 Å². The number of nitrogens with one attached hydrogen (secondary N) is 1. The van der Waals surface area contributed by atoms with Crippen molar-refractivity contribution < 1.29 is 9.59 Å². The first-order chi connectivity index (χ1) is 14.0. The second kappa shape index (κ2) is 7.63. The number of hydrogen-bond donors (Lipinski definition) is 1. The van der Waals surface area contributed by atoms with Crippen LogP contribution in [0.3, 0.4) is 0 Å². The third kappa shape index (κ3) is 3.83. The fourth-order valence-corrected chi connectivity index (χ4v) is 4.54. The molecule has 0 saturated carbocycles. The van der Waals surface area contributed by atoms with Gasteiger partial charge in [0.25, 0.3) is 5.91 Å². The minimum Gasteiger partial charge on any atom is -0.347 e. The van der Waals surface area contributed by atoms with Gasteiger partial charge in [0.15, 0.2) is 0 Å². The van der Waals surface area contributed by atoms with Gasteiger partial charge in [0.2, 0.25) is 0 Å². The van der Waals surface area contributed by atoms with Gasteiger partial charge < -0.3 is 19.7 Å². The monoisotopic (exact) mass is 391 g/mol. The molecule has 1 atom stereocenters. The number of aryl methyl sites for hydroxylation is 1. The van der Waals surface area contributed by atoms with Gasteiger partial charge in [-0.1, -0.05) is 6.07 Å². The van der Waals surface area contributed by atoms with Crippen LogP contribution < -0.4 is 5.32 Å². The SMILES string of the molecule is Cn1cccc1C(=O)N1CCC[C@@]2(CCN(C(=O)Nc3cccc(C#N)c3)C2)C1. The van der Waals surface area contributed by atoms with Crippen molar-refractivity contribution in [3.05, 3.63) is 53.9 Å². The molecule has 2 saturated heterocycles. The summed E-state index contributed by atoms with van der Waals surface area (Å²) in [6.45, 7) is 2.77. The molecule has 2 fully saturated rings. The highest BCUT2D eigenvalue weighted by Gasteiger charge is 2.44. The number of piperidine rings is 1. The lowest BCUT2D eigenvalue weighted by atomic mass is 9.79. The molecule has 2 aromatic rings. The summed E-state index contributed by atoms with van der Waals surface area (Å²) in [7, 11) is 1.88. The predicted molar refractivity (Wildman–Crippen MR) is 109 cm³/mol. The number of nitriles is 1. The zero-order chi connectivity index (χ0) is 20.4. The highest BCUT2D eigenvalue weighted by atomic mass is 16.2. The Balaban J connectivity index is 1.41. The summed E-state index contributed by atoms with van der Waals surface area (Å²) in [4.78, 5) is 29.4. The molecule has 1 aromatic heterocycles. The topological polar surface area (TPSA) is 81.4 Å². The molecule has 7 heteroatoms. The average molecular weight is 391 g/mol. The first kappa shape index (κ1) is 19.1. The molecule has 1 spiro atoms. The number of hydrogen-bond acceptors (Lipinski definition) is 3. The first-order valence-electron chi connectivity index (χ1n) is 9.96. The minimum absolute atomic E-state index is 0.0368. The molecule has 3 amide bonds. The van der Waals surface area contributed by atoms with Crippen LogP contribution in [0, 0.1) is 16.7 Å². The van der Waals surface area contributed by atoms with Crippen molar-refractivity contribution in [1.29, 1.82) is 5.26 Å². The molecule has 4 rings (SSSR count). The van der Waals surface area contributed by atoms with Crippen molar-refractivity contribution >= 4 is 17.6 Å². The molecular weight excluding hydrogens is 366 g/mol. The number of urea groups is 1. The number of amides is 3. The van der Waals surface area contributed by atoms with Crippen LogP contribution in [0.15, 0.2) is 42.6 Å². The number of carbonyl (C=O) groups excluding carboxylic acids is 2. The molecular formula is C22H25N5O2. The third-order valence-corrected chi connectivity index (χ3v) is 6.08. The first-order valence-corrected chi connectivity index (χ1v) is 9.96. The minimum atomic E-state index is -0.150. The van der Waals surface area contributed by atoms with E-state index in [9.17, 15) is 9.59 Å². The normalized spacial score (nSPS) is 21.2. The van der Waals surface area contributed by atoms with Crippen LogP contribution in [0.2, 0.25) is 0 Å². The fourth-order valence-electron chi connectivity index (χ4n) is 4.54. The largest absolute Gasteiger partial charge is 0.347 e. The van der Waals surface area contributed by atoms with Gasteiger partial charge >= 0.3 is 6.03 Å². The summed E-state index contributed by atoms with van der Waals surface area (Å²) in [6, 6.07) is 12.6. The molecule has 29 heavy (non-hydrogen) atoms. The Kier molecular flexibility index (Phi) is 5.01. The van der Waals surface area contributed by atoms with Crippen molar-refractivity contribution in [3.63, 3.8) is 0 Å². The summed E-state index contributed by atoms with van der Waals surface area (Å²) >= 11 is 0. The molecule has 1 aromatic carbocycles. The highest BCUT2D eigenvalue weighted by Crippen LogP contribution is 2.39. The molecule has 7 nitrogen and oxygen atoms in total. The highest BCUT2D eigenvalue weighted by molar-refractivity contribution is 5.93. The quantitative estimate of drug-likeness (QED) is 0.854. The second-order valence-corrected chi connectivity index (χ2v) is 8.13. The Hall–Kier alpha value is -3.27. The lowest BCUT2D eigenvalue weighted by Gasteiger charge is -2.40. The van der Waals surface area contributed by atoms with Crippen LogP contribution in [0.5, 0.6) is 0 Å². The Morgan fingerprint density at radius 1 is 1.10 bits per heavy atom. The van der Waals surface area contributed by atoms with E-state index in [-0.39, 0.29) is 17.4 Å². The Morgan fingerprint density at radius 2 is 1.93 bits per heavy atom. The van der Waals surface area contributed by atoms with Gasteiger partial charge in [-0.3, -0.25) is 4.79 Å². The van der Waals surface area contributed by atoms with E-state index in [1.165, 1.54) is 0 Å². The molecule has 2 aliphatic heterocycles. The summed E-state index contributed by atoms with van der Waals surface area (Å²) in [5.41, 5.74) is 1.80.